The summed E-state index contributed by atoms with van der Waals surface area (Å²) in [6.07, 6.45) is 0.0626. The van der Waals surface area contributed by atoms with Crippen LogP contribution in [0.25, 0.3) is 0 Å². The van der Waals surface area contributed by atoms with Gasteiger partial charge in [-0.05, 0) is 24.6 Å². The van der Waals surface area contributed by atoms with Gasteiger partial charge < -0.3 is 5.11 Å². The first-order valence-corrected chi connectivity index (χ1v) is 6.68. The average molecular weight is 239 g/mol. The van der Waals surface area contributed by atoms with E-state index in [0.29, 0.717) is 11.1 Å². The summed E-state index contributed by atoms with van der Waals surface area (Å²) < 4.78 is 23.1. The second-order valence-electron chi connectivity index (χ2n) is 3.73. The minimum absolute atomic E-state index is 0.381. The molecule has 0 aliphatic carbocycles. The van der Waals surface area contributed by atoms with Crippen LogP contribution in [0.5, 0.6) is 0 Å². The number of sulfone groups is 1. The van der Waals surface area contributed by atoms with Crippen LogP contribution in [0.1, 0.15) is 23.3 Å². The van der Waals surface area contributed by atoms with Crippen LogP contribution in [0.2, 0.25) is 0 Å². The summed E-state index contributed by atoms with van der Waals surface area (Å²) in [5.41, 5.74) is 0.823. The molecule has 0 spiro atoms. The molecule has 16 heavy (non-hydrogen) atoms. The molecule has 0 aliphatic rings. The smallest absolute Gasteiger partial charge is 0.156 e. The van der Waals surface area contributed by atoms with E-state index in [-0.39, 0.29) is 0 Å². The molecule has 2 atom stereocenters. The topological polar surface area (TPSA) is 78.2 Å². The summed E-state index contributed by atoms with van der Waals surface area (Å²) >= 11 is 0. The molecule has 0 aliphatic heterocycles. The van der Waals surface area contributed by atoms with Gasteiger partial charge in [0.2, 0.25) is 0 Å². The van der Waals surface area contributed by atoms with Gasteiger partial charge in [-0.2, -0.15) is 5.26 Å². The van der Waals surface area contributed by atoms with E-state index in [1.165, 1.54) is 13.0 Å². The first-order chi connectivity index (χ1) is 7.36. The lowest BCUT2D eigenvalue weighted by Crippen LogP contribution is -2.23. The van der Waals surface area contributed by atoms with Crippen molar-refractivity contribution in [1.82, 2.24) is 0 Å². The third-order valence-electron chi connectivity index (χ3n) is 2.24. The van der Waals surface area contributed by atoms with Crippen molar-refractivity contribution in [2.24, 2.45) is 0 Å². The van der Waals surface area contributed by atoms with Gasteiger partial charge in [0.25, 0.3) is 0 Å². The third kappa shape index (κ3) is 2.81. The normalized spacial score (nSPS) is 15.1. The molecular formula is C11H13NO3S. The molecule has 1 aromatic carbocycles. The Morgan fingerprint density at radius 3 is 2.50 bits per heavy atom. The summed E-state index contributed by atoms with van der Waals surface area (Å²) in [7, 11) is -3.40. The monoisotopic (exact) mass is 239 g/mol. The standard InChI is InChI=1S/C11H13NO3S/c1-8(13)11(16(2,14)15)10-5-3-4-9(6-10)7-12/h3-6,8,11,13H,1-2H3. The van der Waals surface area contributed by atoms with E-state index in [0.717, 1.165) is 6.26 Å². The van der Waals surface area contributed by atoms with Crippen LogP contribution in [0, 0.1) is 11.3 Å². The molecule has 0 aromatic heterocycles. The highest BCUT2D eigenvalue weighted by atomic mass is 32.2. The van der Waals surface area contributed by atoms with E-state index in [1.807, 2.05) is 6.07 Å². The summed E-state index contributed by atoms with van der Waals surface area (Å²) in [4.78, 5) is 0. The van der Waals surface area contributed by atoms with E-state index >= 15 is 0 Å². The lowest BCUT2D eigenvalue weighted by Gasteiger charge is -2.18. The summed E-state index contributed by atoms with van der Waals surface area (Å²) in [5.74, 6) is 0. The van der Waals surface area contributed by atoms with Crippen LogP contribution < -0.4 is 0 Å². The molecule has 1 N–H and O–H groups in total. The largest absolute Gasteiger partial charge is 0.392 e. The molecule has 0 amide bonds. The second kappa shape index (κ2) is 4.64. The summed E-state index contributed by atoms with van der Waals surface area (Å²) in [6, 6.07) is 8.21. The van der Waals surface area contributed by atoms with E-state index in [2.05, 4.69) is 0 Å². The van der Waals surface area contributed by atoms with Gasteiger partial charge in [-0.15, -0.1) is 0 Å². The van der Waals surface area contributed by atoms with Crippen LogP contribution in [-0.4, -0.2) is 25.9 Å². The number of hydrogen-bond acceptors (Lipinski definition) is 4. The number of rotatable bonds is 3. The second-order valence-corrected chi connectivity index (χ2v) is 5.89. The number of benzene rings is 1. The lowest BCUT2D eigenvalue weighted by atomic mass is 10.1. The van der Waals surface area contributed by atoms with Crippen LogP contribution in [0.4, 0.5) is 0 Å². The fourth-order valence-corrected chi connectivity index (χ4v) is 3.03. The average Bonchev–Trinajstić information content (AvgIpc) is 2.15. The van der Waals surface area contributed by atoms with Crippen LogP contribution >= 0.6 is 0 Å². The minimum atomic E-state index is -3.40. The van der Waals surface area contributed by atoms with Crippen molar-refractivity contribution in [2.45, 2.75) is 18.3 Å². The van der Waals surface area contributed by atoms with Crippen molar-refractivity contribution >= 4 is 9.84 Å². The van der Waals surface area contributed by atoms with Gasteiger partial charge in [0.05, 0.1) is 17.7 Å². The van der Waals surface area contributed by atoms with E-state index in [9.17, 15) is 13.5 Å². The maximum absolute atomic E-state index is 11.5. The molecule has 0 saturated heterocycles. The minimum Gasteiger partial charge on any atom is -0.392 e. The SMILES string of the molecule is CC(O)C(c1cccc(C#N)c1)S(C)(=O)=O. The predicted molar refractivity (Wildman–Crippen MR) is 60.4 cm³/mol. The highest BCUT2D eigenvalue weighted by Gasteiger charge is 2.27. The summed E-state index contributed by atoms with van der Waals surface area (Å²) in [5, 5.41) is 17.2. The predicted octanol–water partition coefficient (Wildman–Crippen LogP) is 1.02. The summed E-state index contributed by atoms with van der Waals surface area (Å²) in [6.45, 7) is 1.42. The number of aliphatic hydroxyl groups is 1. The first kappa shape index (κ1) is 12.7. The maximum Gasteiger partial charge on any atom is 0.156 e. The Kier molecular flexibility index (Phi) is 3.68. The van der Waals surface area contributed by atoms with E-state index in [1.54, 1.807) is 18.2 Å². The Morgan fingerprint density at radius 1 is 1.44 bits per heavy atom. The molecule has 0 fully saturated rings. The van der Waals surface area contributed by atoms with Crippen LogP contribution in [-0.2, 0) is 9.84 Å². The van der Waals surface area contributed by atoms with Gasteiger partial charge in [-0.1, -0.05) is 12.1 Å². The molecule has 1 aromatic rings. The number of hydrogen-bond donors (Lipinski definition) is 1. The van der Waals surface area contributed by atoms with E-state index in [4.69, 9.17) is 5.26 Å². The fraction of sp³-hybridized carbons (Fsp3) is 0.364. The molecule has 0 heterocycles. The van der Waals surface area contributed by atoms with Gasteiger partial charge in [-0.25, -0.2) is 8.42 Å². The zero-order valence-electron chi connectivity index (χ0n) is 9.08. The van der Waals surface area contributed by atoms with Crippen LogP contribution in [0.15, 0.2) is 24.3 Å². The number of nitrogens with zero attached hydrogens (tertiary/aromatic N) is 1. The van der Waals surface area contributed by atoms with Crippen molar-refractivity contribution in [2.75, 3.05) is 6.26 Å². The van der Waals surface area contributed by atoms with Gasteiger partial charge in [-0.3, -0.25) is 0 Å². The Bertz CT molecular complexity index is 514. The fourth-order valence-electron chi connectivity index (χ4n) is 1.67. The highest BCUT2D eigenvalue weighted by molar-refractivity contribution is 7.91. The third-order valence-corrected chi connectivity index (χ3v) is 3.83. The zero-order valence-corrected chi connectivity index (χ0v) is 9.90. The highest BCUT2D eigenvalue weighted by Crippen LogP contribution is 2.25. The Balaban J connectivity index is 3.29. The molecule has 86 valence electrons. The molecule has 5 heteroatoms. The van der Waals surface area contributed by atoms with Gasteiger partial charge in [0.1, 0.15) is 5.25 Å². The van der Waals surface area contributed by atoms with Crippen molar-refractivity contribution in [1.29, 1.82) is 5.26 Å². The number of aliphatic hydroxyl groups excluding tert-OH is 1. The number of nitriles is 1. The molecule has 0 radical (unpaired) electrons. The molecule has 4 nitrogen and oxygen atoms in total. The Hall–Kier alpha value is -1.38. The van der Waals surface area contributed by atoms with Gasteiger partial charge >= 0.3 is 0 Å². The Labute approximate surface area is 95.1 Å². The van der Waals surface area contributed by atoms with Crippen molar-refractivity contribution in [3.8, 4) is 6.07 Å². The van der Waals surface area contributed by atoms with Crippen molar-refractivity contribution < 1.29 is 13.5 Å². The van der Waals surface area contributed by atoms with Crippen LogP contribution in [0.3, 0.4) is 0 Å². The van der Waals surface area contributed by atoms with Gasteiger partial charge in [0, 0.05) is 6.26 Å². The molecular weight excluding hydrogens is 226 g/mol. The zero-order chi connectivity index (χ0) is 12.3. The van der Waals surface area contributed by atoms with Gasteiger partial charge in [0.15, 0.2) is 9.84 Å². The molecule has 0 saturated carbocycles. The Morgan fingerprint density at radius 2 is 2.06 bits per heavy atom. The molecule has 0 bridgehead atoms. The maximum atomic E-state index is 11.5. The van der Waals surface area contributed by atoms with E-state index < -0.39 is 21.2 Å². The quantitative estimate of drug-likeness (QED) is 0.854. The van der Waals surface area contributed by atoms with Crippen molar-refractivity contribution in [3.63, 3.8) is 0 Å². The first-order valence-electron chi connectivity index (χ1n) is 4.73. The molecule has 2 unspecified atom stereocenters. The van der Waals surface area contributed by atoms with Crippen molar-refractivity contribution in [3.05, 3.63) is 35.4 Å². The lowest BCUT2D eigenvalue weighted by molar-refractivity contribution is 0.188. The molecule has 1 rings (SSSR count).